The topological polar surface area (TPSA) is 0 Å². The maximum Gasteiger partial charge on any atom is -0.0219 e. The summed E-state index contributed by atoms with van der Waals surface area (Å²) in [5.74, 6) is 3.87. The van der Waals surface area contributed by atoms with E-state index in [4.69, 9.17) is 0 Å². The van der Waals surface area contributed by atoms with E-state index in [1.807, 2.05) is 15.6 Å². The van der Waals surface area contributed by atoms with E-state index in [0.29, 0.717) is 53.3 Å². The van der Waals surface area contributed by atoms with Gasteiger partial charge in [0.15, 0.2) is 0 Å². The van der Waals surface area contributed by atoms with Gasteiger partial charge in [-0.25, -0.2) is 0 Å². The summed E-state index contributed by atoms with van der Waals surface area (Å²) >= 11 is 0. The molecular weight excluding hydrogens is 769 g/mol. The Hall–Kier alpha value is -3.25. The van der Waals surface area contributed by atoms with Crippen molar-refractivity contribution in [2.75, 3.05) is 0 Å². The minimum Gasteiger partial charge on any atom is -0.266 e. The summed E-state index contributed by atoms with van der Waals surface area (Å²) in [6.07, 6.45) is 0. The lowest BCUT2D eigenvalue weighted by atomic mass is 9.89. The van der Waals surface area contributed by atoms with E-state index in [1.54, 1.807) is 43.8 Å². The lowest BCUT2D eigenvalue weighted by molar-refractivity contribution is 0.809. The Bertz CT molecular complexity index is 2070. The van der Waals surface area contributed by atoms with Gasteiger partial charge in [0, 0.05) is 0 Å². The highest BCUT2D eigenvalue weighted by molar-refractivity contribution is 8.20. The highest BCUT2D eigenvalue weighted by Gasteiger charge is 2.71. The highest BCUT2D eigenvalue weighted by atomic mass is 30.2. The molecular formula is C57H79Si3-. The maximum absolute atomic E-state index is 2.84. The molecule has 0 nitrogen and oxygen atoms in total. The van der Waals surface area contributed by atoms with E-state index in [2.05, 4.69) is 222 Å². The molecule has 320 valence electrons. The van der Waals surface area contributed by atoms with Crippen LogP contribution in [0.4, 0.5) is 0 Å². The molecule has 1 fully saturated rings. The fourth-order valence-electron chi connectivity index (χ4n) is 10.8. The summed E-state index contributed by atoms with van der Waals surface area (Å²) in [4.78, 5) is 0. The number of benzene rings is 5. The molecule has 1 aliphatic rings. The second-order valence-corrected chi connectivity index (χ2v) is 44.1. The third kappa shape index (κ3) is 7.65. The van der Waals surface area contributed by atoms with E-state index >= 15 is 0 Å². The van der Waals surface area contributed by atoms with E-state index < -0.39 is 22.0 Å². The number of hydrogen-bond acceptors (Lipinski definition) is 0. The minimum absolute atomic E-state index is 0.403. The molecule has 5 aromatic rings. The molecule has 0 spiro atoms. The zero-order valence-corrected chi connectivity index (χ0v) is 43.9. The standard InChI is InChI=1S/C57H79Si3/c1-35(2)44-29-49(38(7)8)55(50(30-44)39(9)10)58-59(47-25-21-19-22-26-47,48-27-23-20-24-28-48)60(58,56-51(40(11)12)31-45(36(3)4)32-52(56)41(13)14)57-53(42(15)16)33-46(37(5)6)34-54(57)43(17)18/h19-43H,1-18H3/q-1. The Labute approximate surface area is 371 Å². The molecule has 0 N–H and O–H groups in total. The van der Waals surface area contributed by atoms with Crippen LogP contribution in [0.5, 0.6) is 0 Å². The van der Waals surface area contributed by atoms with Gasteiger partial charge in [0.25, 0.3) is 0 Å². The van der Waals surface area contributed by atoms with Gasteiger partial charge < -0.3 is 0 Å². The molecule has 1 heterocycles. The van der Waals surface area contributed by atoms with Crippen molar-refractivity contribution in [1.82, 2.24) is 0 Å². The van der Waals surface area contributed by atoms with E-state index in [0.717, 1.165) is 0 Å². The first-order chi connectivity index (χ1) is 28.2. The first-order valence-electron chi connectivity index (χ1n) is 23.8. The van der Waals surface area contributed by atoms with Gasteiger partial charge in [0.05, 0.1) is 0 Å². The van der Waals surface area contributed by atoms with Crippen LogP contribution in [0, 0.1) is 0 Å². The Morgan fingerprint density at radius 3 is 0.783 bits per heavy atom. The molecule has 3 heteroatoms. The second-order valence-electron chi connectivity index (χ2n) is 21.2. The molecule has 0 aliphatic carbocycles. The fraction of sp³-hybridized carbons (Fsp3) is 0.474. The quantitative estimate of drug-likeness (QED) is 0.0977. The van der Waals surface area contributed by atoms with Gasteiger partial charge in [-0.3, -0.25) is 7.83 Å². The van der Waals surface area contributed by atoms with Gasteiger partial charge >= 0.3 is 0 Å². The Morgan fingerprint density at radius 1 is 0.300 bits per heavy atom. The SMILES string of the molecule is CC(C)c1cc(C(C)C)c([Si-]2[Si](c3ccccc3)(c3ccccc3)[Si]2(c2c(C(C)C)cc(C(C)C)cc2C(C)C)c2c(C(C)C)cc(C(C)C)cc2C(C)C)c(C(C)C)c1. The van der Waals surface area contributed by atoms with Crippen molar-refractivity contribution in [3.63, 3.8) is 0 Å². The normalized spacial score (nSPS) is 15.1. The molecule has 0 radical (unpaired) electrons. The number of rotatable bonds is 14. The summed E-state index contributed by atoms with van der Waals surface area (Å²) in [6.45, 7) is 44.6. The Morgan fingerprint density at radius 2 is 0.550 bits per heavy atom. The lowest BCUT2D eigenvalue weighted by Gasteiger charge is -2.42. The van der Waals surface area contributed by atoms with Crippen LogP contribution in [-0.2, 0) is 0 Å². The maximum atomic E-state index is 2.72. The van der Waals surface area contributed by atoms with Crippen molar-refractivity contribution in [1.29, 1.82) is 0 Å². The van der Waals surface area contributed by atoms with E-state index in [9.17, 15) is 0 Å². The van der Waals surface area contributed by atoms with Gasteiger partial charge in [0.1, 0.15) is 0 Å². The second kappa shape index (κ2) is 17.9. The van der Waals surface area contributed by atoms with Crippen LogP contribution in [-0.4, -0.2) is 22.0 Å². The van der Waals surface area contributed by atoms with Crippen LogP contribution in [0.2, 0.25) is 0 Å². The van der Waals surface area contributed by atoms with Gasteiger partial charge in [0.2, 0.25) is 0 Å². The first-order valence-corrected chi connectivity index (χ1v) is 32.3. The Balaban J connectivity index is 2.09. The van der Waals surface area contributed by atoms with E-state index in [1.165, 1.54) is 16.7 Å². The Kier molecular flexibility index (Phi) is 13.8. The molecule has 5 aromatic carbocycles. The first kappa shape index (κ1) is 46.3. The molecule has 0 unspecified atom stereocenters. The summed E-state index contributed by atoms with van der Waals surface area (Å²) in [5.41, 5.74) is 14.4. The molecule has 1 aliphatic heterocycles. The average Bonchev–Trinajstić information content (AvgIpc) is 3.84. The molecule has 0 aromatic heterocycles. The van der Waals surface area contributed by atoms with Crippen LogP contribution in [0.3, 0.4) is 0 Å². The van der Waals surface area contributed by atoms with Gasteiger partial charge in [-0.05, 0) is 106 Å². The van der Waals surface area contributed by atoms with Crippen LogP contribution in [0.1, 0.15) is 228 Å². The largest absolute Gasteiger partial charge is 0.266 e. The average molecular weight is 849 g/mol. The summed E-state index contributed by atoms with van der Waals surface area (Å²) in [6, 6.07) is 40.9. The van der Waals surface area contributed by atoms with Crippen molar-refractivity contribution in [2.45, 2.75) is 178 Å². The molecule has 0 saturated carbocycles. The van der Waals surface area contributed by atoms with Crippen molar-refractivity contribution < 1.29 is 0 Å². The van der Waals surface area contributed by atoms with Gasteiger partial charge in [-0.1, -0.05) is 254 Å². The zero-order chi connectivity index (χ0) is 44.2. The zero-order valence-electron chi connectivity index (χ0n) is 40.9. The third-order valence-electron chi connectivity index (χ3n) is 14.1. The molecule has 6 rings (SSSR count). The van der Waals surface area contributed by atoms with Gasteiger partial charge in [-0.15, -0.1) is 0 Å². The van der Waals surface area contributed by atoms with Gasteiger partial charge in [-0.2, -0.15) is 5.19 Å². The molecule has 0 amide bonds. The molecule has 0 bridgehead atoms. The van der Waals surface area contributed by atoms with Crippen molar-refractivity contribution in [2.24, 2.45) is 0 Å². The number of hydrogen-bond donors (Lipinski definition) is 0. The lowest BCUT2D eigenvalue weighted by Crippen LogP contribution is -2.68. The van der Waals surface area contributed by atoms with Crippen LogP contribution in [0.15, 0.2) is 97.1 Å². The highest BCUT2D eigenvalue weighted by Crippen LogP contribution is 2.49. The fourth-order valence-corrected chi connectivity index (χ4v) is 69.2. The van der Waals surface area contributed by atoms with Crippen LogP contribution >= 0.6 is 0 Å². The third-order valence-corrected chi connectivity index (χ3v) is 51.7. The minimum atomic E-state index is -2.84. The predicted octanol–water partition coefficient (Wildman–Crippen LogP) is 13.3. The van der Waals surface area contributed by atoms with Crippen molar-refractivity contribution in [3.8, 4) is 0 Å². The van der Waals surface area contributed by atoms with Crippen molar-refractivity contribution >= 4 is 48.0 Å². The van der Waals surface area contributed by atoms with E-state index in [-0.39, 0.29) is 0 Å². The predicted molar refractivity (Wildman–Crippen MR) is 274 cm³/mol. The summed E-state index contributed by atoms with van der Waals surface area (Å²) < 4.78 is 0. The van der Waals surface area contributed by atoms with Crippen LogP contribution < -0.4 is 25.9 Å². The molecule has 1 saturated heterocycles. The molecule has 0 atom stereocenters. The van der Waals surface area contributed by atoms with Crippen molar-refractivity contribution in [3.05, 3.63) is 147 Å². The monoisotopic (exact) mass is 848 g/mol. The summed E-state index contributed by atoms with van der Waals surface area (Å²) in [7, 11) is -6.90. The molecule has 60 heavy (non-hydrogen) atoms. The summed E-state index contributed by atoms with van der Waals surface area (Å²) in [5, 5.41) is 8.83. The smallest absolute Gasteiger partial charge is 0.0219 e. The van der Waals surface area contributed by atoms with Crippen LogP contribution in [0.25, 0.3) is 0 Å².